The summed E-state index contributed by atoms with van der Waals surface area (Å²) in [6, 6.07) is 23.2. The third kappa shape index (κ3) is 4.44. The van der Waals surface area contributed by atoms with E-state index in [2.05, 4.69) is 32.4 Å². The lowest BCUT2D eigenvalue weighted by Gasteiger charge is -2.25. The number of anilines is 5. The Morgan fingerprint density at radius 3 is 2.34 bits per heavy atom. The van der Waals surface area contributed by atoms with Gasteiger partial charge in [-0.05, 0) is 42.0 Å². The highest BCUT2D eigenvalue weighted by molar-refractivity contribution is 6.30. The number of hydrogen-bond acceptors (Lipinski definition) is 6. The van der Waals surface area contributed by atoms with Crippen molar-refractivity contribution in [1.82, 2.24) is 15.0 Å². The molecule has 4 aromatic rings. The average Bonchev–Trinajstić information content (AvgIpc) is 2.77. The van der Waals surface area contributed by atoms with E-state index in [1.54, 1.807) is 18.3 Å². The van der Waals surface area contributed by atoms with Crippen LogP contribution in [0.4, 0.5) is 28.8 Å². The molecular weight excluding hydrogens is 384 g/mol. The summed E-state index contributed by atoms with van der Waals surface area (Å²) in [5.41, 5.74) is 8.85. The van der Waals surface area contributed by atoms with E-state index >= 15 is 0 Å². The number of nitrogens with two attached hydrogens (primary N) is 1. The van der Waals surface area contributed by atoms with E-state index in [0.717, 1.165) is 17.1 Å². The molecule has 0 aliphatic rings. The maximum Gasteiger partial charge on any atom is 0.163 e. The number of rotatable bonds is 6. The Bertz CT molecular complexity index is 1070. The van der Waals surface area contributed by atoms with Crippen molar-refractivity contribution in [2.24, 2.45) is 0 Å². The van der Waals surface area contributed by atoms with Crippen molar-refractivity contribution >= 4 is 40.4 Å². The Balaban J connectivity index is 1.71. The Morgan fingerprint density at radius 1 is 0.862 bits per heavy atom. The van der Waals surface area contributed by atoms with Crippen LogP contribution in [0.15, 0.2) is 85.3 Å². The van der Waals surface area contributed by atoms with Crippen LogP contribution < -0.4 is 16.0 Å². The standard InChI is InChI=1S/C22H19ClN6/c23-17-9-11-18(12-10-17)28-21-20(24)22(27-15-26-21)29(19-8-4-5-13-25-19)14-16-6-2-1-3-7-16/h1-13,15H,14,24H2,(H,26,27,28). The van der Waals surface area contributed by atoms with Crippen LogP contribution in [-0.4, -0.2) is 15.0 Å². The van der Waals surface area contributed by atoms with Crippen LogP contribution in [-0.2, 0) is 6.54 Å². The fourth-order valence-electron chi connectivity index (χ4n) is 2.91. The number of halogens is 1. The van der Waals surface area contributed by atoms with Gasteiger partial charge in [0.25, 0.3) is 0 Å². The van der Waals surface area contributed by atoms with Crippen LogP contribution >= 0.6 is 11.6 Å². The smallest absolute Gasteiger partial charge is 0.163 e. The Kier molecular flexibility index (Phi) is 5.54. The van der Waals surface area contributed by atoms with Crippen molar-refractivity contribution < 1.29 is 0 Å². The highest BCUT2D eigenvalue weighted by Crippen LogP contribution is 2.33. The molecule has 0 radical (unpaired) electrons. The summed E-state index contributed by atoms with van der Waals surface area (Å²) in [7, 11) is 0. The van der Waals surface area contributed by atoms with Crippen LogP contribution in [0.2, 0.25) is 5.02 Å². The number of aromatic nitrogens is 3. The molecule has 0 saturated carbocycles. The zero-order chi connectivity index (χ0) is 20.1. The van der Waals surface area contributed by atoms with E-state index in [1.165, 1.54) is 6.33 Å². The van der Waals surface area contributed by atoms with Gasteiger partial charge in [0.05, 0.1) is 6.54 Å². The molecule has 4 rings (SSSR count). The molecular formula is C22H19ClN6. The van der Waals surface area contributed by atoms with E-state index in [4.69, 9.17) is 17.3 Å². The van der Waals surface area contributed by atoms with Crippen LogP contribution in [0, 0.1) is 0 Å². The minimum Gasteiger partial charge on any atom is -0.393 e. The molecule has 0 spiro atoms. The molecule has 7 heteroatoms. The lowest BCUT2D eigenvalue weighted by atomic mass is 10.2. The van der Waals surface area contributed by atoms with E-state index < -0.39 is 0 Å². The van der Waals surface area contributed by atoms with Crippen molar-refractivity contribution in [2.45, 2.75) is 6.54 Å². The van der Waals surface area contributed by atoms with Crippen LogP contribution in [0.3, 0.4) is 0 Å². The summed E-state index contributed by atoms with van der Waals surface area (Å²) < 4.78 is 0. The third-order valence-corrected chi connectivity index (χ3v) is 4.59. The number of hydrogen-bond donors (Lipinski definition) is 2. The van der Waals surface area contributed by atoms with Gasteiger partial charge >= 0.3 is 0 Å². The van der Waals surface area contributed by atoms with E-state index in [9.17, 15) is 0 Å². The fraction of sp³-hybridized carbons (Fsp3) is 0.0455. The molecule has 29 heavy (non-hydrogen) atoms. The van der Waals surface area contributed by atoms with Gasteiger partial charge in [0, 0.05) is 16.9 Å². The first kappa shape index (κ1) is 18.7. The average molecular weight is 403 g/mol. The molecule has 2 aromatic carbocycles. The van der Waals surface area contributed by atoms with Crippen molar-refractivity contribution in [3.05, 3.63) is 95.9 Å². The molecule has 144 valence electrons. The van der Waals surface area contributed by atoms with E-state index in [-0.39, 0.29) is 0 Å². The maximum atomic E-state index is 6.47. The van der Waals surface area contributed by atoms with Gasteiger partial charge in [0.1, 0.15) is 17.8 Å². The number of nitrogen functional groups attached to an aromatic ring is 1. The maximum absolute atomic E-state index is 6.47. The molecule has 3 N–H and O–H groups in total. The first-order valence-electron chi connectivity index (χ1n) is 9.06. The van der Waals surface area contributed by atoms with Crippen molar-refractivity contribution in [3.63, 3.8) is 0 Å². The monoisotopic (exact) mass is 402 g/mol. The minimum absolute atomic E-state index is 0.434. The number of nitrogens with one attached hydrogen (secondary N) is 1. The second-order valence-electron chi connectivity index (χ2n) is 6.35. The summed E-state index contributed by atoms with van der Waals surface area (Å²) in [4.78, 5) is 15.2. The second-order valence-corrected chi connectivity index (χ2v) is 6.79. The molecule has 0 fully saturated rings. The highest BCUT2D eigenvalue weighted by Gasteiger charge is 2.18. The molecule has 0 saturated heterocycles. The molecule has 0 atom stereocenters. The van der Waals surface area contributed by atoms with Gasteiger partial charge in [0.2, 0.25) is 0 Å². The number of pyridine rings is 1. The van der Waals surface area contributed by atoms with Crippen molar-refractivity contribution in [3.8, 4) is 0 Å². The Labute approximate surface area is 174 Å². The SMILES string of the molecule is Nc1c(Nc2ccc(Cl)cc2)ncnc1N(Cc1ccccc1)c1ccccn1. The third-order valence-electron chi connectivity index (χ3n) is 4.33. The lowest BCUT2D eigenvalue weighted by Crippen LogP contribution is -2.21. The predicted octanol–water partition coefficient (Wildman–Crippen LogP) is 5.19. The fourth-order valence-corrected chi connectivity index (χ4v) is 3.04. The summed E-state index contributed by atoms with van der Waals surface area (Å²) >= 11 is 5.97. The number of benzene rings is 2. The normalized spacial score (nSPS) is 10.5. The Hall–Kier alpha value is -3.64. The molecule has 2 aromatic heterocycles. The minimum atomic E-state index is 0.434. The molecule has 0 aliphatic heterocycles. The van der Waals surface area contributed by atoms with Gasteiger partial charge in [-0.25, -0.2) is 15.0 Å². The quantitative estimate of drug-likeness (QED) is 0.462. The van der Waals surface area contributed by atoms with Gasteiger partial charge in [-0.3, -0.25) is 0 Å². The molecule has 6 nitrogen and oxygen atoms in total. The molecule has 0 unspecified atom stereocenters. The van der Waals surface area contributed by atoms with Gasteiger partial charge in [-0.2, -0.15) is 0 Å². The molecule has 0 aliphatic carbocycles. The molecule has 0 amide bonds. The summed E-state index contributed by atoms with van der Waals surface area (Å²) in [5.74, 6) is 1.85. The molecule has 0 bridgehead atoms. The van der Waals surface area contributed by atoms with Crippen molar-refractivity contribution in [1.29, 1.82) is 0 Å². The number of nitrogens with zero attached hydrogens (tertiary/aromatic N) is 4. The van der Waals surface area contributed by atoms with Gasteiger partial charge in [-0.15, -0.1) is 0 Å². The predicted molar refractivity (Wildman–Crippen MR) is 118 cm³/mol. The Morgan fingerprint density at radius 2 is 1.62 bits per heavy atom. The zero-order valence-corrected chi connectivity index (χ0v) is 16.3. The van der Waals surface area contributed by atoms with Gasteiger partial charge in [0.15, 0.2) is 11.6 Å². The molecule has 2 heterocycles. The van der Waals surface area contributed by atoms with Gasteiger partial charge < -0.3 is 16.0 Å². The van der Waals surface area contributed by atoms with Crippen LogP contribution in [0.5, 0.6) is 0 Å². The summed E-state index contributed by atoms with van der Waals surface area (Å²) in [6.45, 7) is 0.569. The first-order chi connectivity index (χ1) is 14.2. The summed E-state index contributed by atoms with van der Waals surface area (Å²) in [5, 5.41) is 3.89. The van der Waals surface area contributed by atoms with Gasteiger partial charge in [-0.1, -0.05) is 48.0 Å². The van der Waals surface area contributed by atoms with E-state index in [1.807, 2.05) is 53.4 Å². The highest BCUT2D eigenvalue weighted by atomic mass is 35.5. The lowest BCUT2D eigenvalue weighted by molar-refractivity contribution is 0.918. The topological polar surface area (TPSA) is 80.0 Å². The summed E-state index contributed by atoms with van der Waals surface area (Å²) in [6.07, 6.45) is 3.24. The second kappa shape index (κ2) is 8.58. The van der Waals surface area contributed by atoms with Crippen molar-refractivity contribution in [2.75, 3.05) is 16.0 Å². The van der Waals surface area contributed by atoms with E-state index in [0.29, 0.717) is 28.9 Å². The largest absolute Gasteiger partial charge is 0.393 e. The first-order valence-corrected chi connectivity index (χ1v) is 9.44. The van der Waals surface area contributed by atoms with Crippen LogP contribution in [0.25, 0.3) is 0 Å². The zero-order valence-electron chi connectivity index (χ0n) is 15.5. The van der Waals surface area contributed by atoms with Crippen LogP contribution in [0.1, 0.15) is 5.56 Å².